The smallest absolute Gasteiger partial charge is 0.404 e. The molecule has 8 heteroatoms. The zero-order chi connectivity index (χ0) is 20.4. The van der Waals surface area contributed by atoms with Crippen LogP contribution in [0.25, 0.3) is 16.9 Å². The number of carbonyl (C=O) groups is 1. The molecule has 1 amide bonds. The normalized spacial score (nSPS) is 17.7. The fourth-order valence-corrected chi connectivity index (χ4v) is 3.49. The maximum atomic E-state index is 10.7. The highest BCUT2D eigenvalue weighted by Crippen LogP contribution is 2.32. The van der Waals surface area contributed by atoms with Crippen LogP contribution in [0, 0.1) is 29.6 Å². The summed E-state index contributed by atoms with van der Waals surface area (Å²) in [4.78, 5) is 15.2. The molecule has 0 aliphatic heterocycles. The highest BCUT2D eigenvalue weighted by molar-refractivity contribution is 5.70. The monoisotopic (exact) mass is 386 g/mol. The number of hydrogen-bond acceptors (Lipinski definition) is 6. The highest BCUT2D eigenvalue weighted by atomic mass is 16.5. The largest absolute Gasteiger partial charge is 0.449 e. The first kappa shape index (κ1) is 18.3. The average Bonchev–Trinajstić information content (AvgIpc) is 3.12. The fourth-order valence-electron chi connectivity index (χ4n) is 3.49. The van der Waals surface area contributed by atoms with Crippen molar-refractivity contribution in [3.63, 3.8) is 0 Å². The minimum absolute atomic E-state index is 0.235. The van der Waals surface area contributed by atoms with E-state index in [4.69, 9.17) is 22.2 Å². The summed E-state index contributed by atoms with van der Waals surface area (Å²) in [6, 6.07) is 9.80. The minimum atomic E-state index is -0.746. The molecule has 144 valence electrons. The number of fused-ring (bicyclic) bond motifs is 1. The summed E-state index contributed by atoms with van der Waals surface area (Å²) in [5.74, 6) is 2.95. The van der Waals surface area contributed by atoms with Gasteiger partial charge in [0, 0.05) is 12.2 Å². The third-order valence-electron chi connectivity index (χ3n) is 5.01. The first-order valence-electron chi connectivity index (χ1n) is 9.11. The number of nitriles is 1. The summed E-state index contributed by atoms with van der Waals surface area (Å²) >= 11 is 0. The van der Waals surface area contributed by atoms with Gasteiger partial charge < -0.3 is 15.8 Å². The Balaban J connectivity index is 1.55. The van der Waals surface area contributed by atoms with Crippen LogP contribution in [0.2, 0.25) is 0 Å². The Morgan fingerprint density at radius 1 is 1.38 bits per heavy atom. The maximum Gasteiger partial charge on any atom is 0.404 e. The van der Waals surface area contributed by atoms with E-state index in [0.29, 0.717) is 23.7 Å². The molecule has 0 atom stereocenters. The molecule has 0 spiro atoms. The van der Waals surface area contributed by atoms with Gasteiger partial charge in [0.1, 0.15) is 6.07 Å². The second-order valence-corrected chi connectivity index (χ2v) is 6.98. The van der Waals surface area contributed by atoms with Crippen LogP contribution in [-0.4, -0.2) is 33.3 Å². The van der Waals surface area contributed by atoms with Crippen LogP contribution in [0.3, 0.4) is 0 Å². The van der Waals surface area contributed by atoms with Gasteiger partial charge in [-0.1, -0.05) is 5.92 Å². The standard InChI is InChI=1S/C21H18N6O2/c1-2-15-11-24-19(20-4-3-17-7-14(9-22)10-25-27(17)20)8-18(15)26-16-5-13(6-16)12-29-21(23)28/h1,3-4,7-8,10-11,13,16H,5-6,12H2,(H2,23,28)(H,24,26). The summed E-state index contributed by atoms with van der Waals surface area (Å²) in [7, 11) is 0. The van der Waals surface area contributed by atoms with Crippen molar-refractivity contribution in [2.45, 2.75) is 18.9 Å². The van der Waals surface area contributed by atoms with Crippen molar-refractivity contribution in [1.82, 2.24) is 14.6 Å². The first-order chi connectivity index (χ1) is 14.1. The molecule has 3 heterocycles. The Morgan fingerprint density at radius 3 is 2.93 bits per heavy atom. The molecule has 0 bridgehead atoms. The van der Waals surface area contributed by atoms with E-state index in [-0.39, 0.29) is 6.04 Å². The van der Waals surface area contributed by atoms with Gasteiger partial charge in [-0.2, -0.15) is 10.4 Å². The topological polar surface area (TPSA) is 118 Å². The zero-order valence-corrected chi connectivity index (χ0v) is 15.5. The first-order valence-corrected chi connectivity index (χ1v) is 9.11. The van der Waals surface area contributed by atoms with Gasteiger partial charge in [0.25, 0.3) is 0 Å². The number of nitrogens with two attached hydrogens (primary N) is 1. The Labute approximate surface area is 167 Å². The van der Waals surface area contributed by atoms with Crippen LogP contribution in [0.5, 0.6) is 0 Å². The number of rotatable bonds is 5. The third kappa shape index (κ3) is 3.69. The predicted octanol–water partition coefficient (Wildman–Crippen LogP) is 2.54. The summed E-state index contributed by atoms with van der Waals surface area (Å²) < 4.78 is 6.59. The third-order valence-corrected chi connectivity index (χ3v) is 5.01. The van der Waals surface area contributed by atoms with Crippen molar-refractivity contribution in [2.75, 3.05) is 11.9 Å². The lowest BCUT2D eigenvalue weighted by molar-refractivity contribution is 0.106. The van der Waals surface area contributed by atoms with E-state index in [1.165, 1.54) is 6.20 Å². The van der Waals surface area contributed by atoms with E-state index in [1.54, 1.807) is 16.8 Å². The lowest BCUT2D eigenvalue weighted by atomic mass is 9.80. The summed E-state index contributed by atoms with van der Waals surface area (Å²) in [6.45, 7) is 0.337. The molecule has 0 radical (unpaired) electrons. The van der Waals surface area contributed by atoms with E-state index >= 15 is 0 Å². The molecule has 29 heavy (non-hydrogen) atoms. The number of primary amides is 1. The minimum Gasteiger partial charge on any atom is -0.449 e. The fraction of sp³-hybridized carbons (Fsp3) is 0.238. The van der Waals surface area contributed by atoms with Gasteiger partial charge >= 0.3 is 6.09 Å². The van der Waals surface area contributed by atoms with Gasteiger partial charge in [-0.15, -0.1) is 6.42 Å². The van der Waals surface area contributed by atoms with Crippen molar-refractivity contribution >= 4 is 17.3 Å². The maximum absolute atomic E-state index is 10.7. The predicted molar refractivity (Wildman–Crippen MR) is 107 cm³/mol. The van der Waals surface area contributed by atoms with Gasteiger partial charge in [0.2, 0.25) is 0 Å². The quantitative estimate of drug-likeness (QED) is 0.651. The Bertz CT molecular complexity index is 1160. The van der Waals surface area contributed by atoms with Gasteiger partial charge in [0.05, 0.1) is 46.5 Å². The van der Waals surface area contributed by atoms with Gasteiger partial charge in [-0.3, -0.25) is 4.98 Å². The molecule has 3 N–H and O–H groups in total. The Kier molecular flexibility index (Phi) is 4.76. The van der Waals surface area contributed by atoms with Crippen LogP contribution in [0.4, 0.5) is 10.5 Å². The number of pyridine rings is 1. The Hall–Kier alpha value is -4.04. The second-order valence-electron chi connectivity index (χ2n) is 6.98. The van der Waals surface area contributed by atoms with E-state index in [1.807, 2.05) is 18.2 Å². The van der Waals surface area contributed by atoms with E-state index in [0.717, 1.165) is 35.4 Å². The zero-order valence-electron chi connectivity index (χ0n) is 15.5. The molecule has 0 saturated heterocycles. The summed E-state index contributed by atoms with van der Waals surface area (Å²) in [5, 5.41) is 16.8. The van der Waals surface area contributed by atoms with E-state index < -0.39 is 6.09 Å². The lowest BCUT2D eigenvalue weighted by Gasteiger charge is -2.36. The Morgan fingerprint density at radius 2 is 2.21 bits per heavy atom. The molecule has 3 aromatic rings. The molecule has 4 rings (SSSR count). The number of nitrogens with zero attached hydrogens (tertiary/aromatic N) is 4. The van der Waals surface area contributed by atoms with Crippen molar-refractivity contribution in [2.24, 2.45) is 11.7 Å². The molecule has 3 aromatic heterocycles. The van der Waals surface area contributed by atoms with Crippen molar-refractivity contribution in [3.05, 3.63) is 47.8 Å². The summed E-state index contributed by atoms with van der Waals surface area (Å²) in [5.41, 5.74) is 9.33. The lowest BCUT2D eigenvalue weighted by Crippen LogP contribution is -2.38. The average molecular weight is 386 g/mol. The second kappa shape index (κ2) is 7.53. The SMILES string of the molecule is C#Cc1cnc(-c2ccc3cc(C#N)cnn23)cc1NC1CC(COC(N)=O)C1. The number of hydrogen-bond donors (Lipinski definition) is 2. The number of aromatic nitrogens is 3. The molecule has 1 aliphatic carbocycles. The van der Waals surface area contributed by atoms with Crippen LogP contribution in [0.15, 0.2) is 36.7 Å². The van der Waals surface area contributed by atoms with Gasteiger partial charge in [-0.05, 0) is 43.0 Å². The van der Waals surface area contributed by atoms with Gasteiger partial charge in [0.15, 0.2) is 0 Å². The van der Waals surface area contributed by atoms with E-state index in [9.17, 15) is 4.79 Å². The van der Waals surface area contributed by atoms with Crippen LogP contribution < -0.4 is 11.1 Å². The molecular weight excluding hydrogens is 368 g/mol. The highest BCUT2D eigenvalue weighted by Gasteiger charge is 2.30. The molecule has 1 saturated carbocycles. The van der Waals surface area contributed by atoms with Crippen LogP contribution in [0.1, 0.15) is 24.0 Å². The van der Waals surface area contributed by atoms with Crippen LogP contribution in [-0.2, 0) is 4.74 Å². The number of nitrogens with one attached hydrogen (secondary N) is 1. The van der Waals surface area contributed by atoms with Crippen molar-refractivity contribution in [1.29, 1.82) is 5.26 Å². The number of terminal acetylenes is 1. The molecular formula is C21H18N6O2. The number of anilines is 1. The molecule has 1 aliphatic rings. The molecule has 8 nitrogen and oxygen atoms in total. The summed E-state index contributed by atoms with van der Waals surface area (Å²) in [6.07, 6.45) is 9.80. The van der Waals surface area contributed by atoms with Crippen molar-refractivity contribution < 1.29 is 9.53 Å². The molecule has 0 aromatic carbocycles. The molecule has 1 fully saturated rings. The van der Waals surface area contributed by atoms with E-state index in [2.05, 4.69) is 27.4 Å². The van der Waals surface area contributed by atoms with Crippen LogP contribution >= 0.6 is 0 Å². The number of amides is 1. The number of ether oxygens (including phenoxy) is 1. The number of carbonyl (C=O) groups excluding carboxylic acids is 1. The molecule has 0 unspecified atom stereocenters. The van der Waals surface area contributed by atoms with Gasteiger partial charge in [-0.25, -0.2) is 9.31 Å². The van der Waals surface area contributed by atoms with Crippen molar-refractivity contribution in [3.8, 4) is 29.8 Å².